The van der Waals surface area contributed by atoms with Gasteiger partial charge in [0.15, 0.2) is 0 Å². The Balaban J connectivity index is 0.766. The normalized spacial score (nSPS) is 11.8. The first-order chi connectivity index (χ1) is 51.8. The number of rotatable bonds is 62. The molecule has 0 atom stereocenters. The molecule has 0 fully saturated rings. The van der Waals surface area contributed by atoms with Crippen LogP contribution in [0.4, 0.5) is 0 Å². The maximum absolute atomic E-state index is 12.5. The molecule has 0 aromatic heterocycles. The van der Waals surface area contributed by atoms with Crippen molar-refractivity contribution in [3.05, 3.63) is 181 Å². The van der Waals surface area contributed by atoms with Crippen LogP contribution < -0.4 is 14.2 Å². The van der Waals surface area contributed by atoms with Crippen LogP contribution in [0.2, 0.25) is 0 Å². The average Bonchev–Trinajstić information content (AvgIpc) is 0.874. The minimum absolute atomic E-state index is 0.0807. The highest BCUT2D eigenvalue weighted by Crippen LogP contribution is 2.27. The van der Waals surface area contributed by atoms with Gasteiger partial charge in [-0.2, -0.15) is 0 Å². The Bertz CT molecular complexity index is 3100. The van der Waals surface area contributed by atoms with Crippen LogP contribution in [-0.4, -0.2) is 96.7 Å². The van der Waals surface area contributed by atoms with Crippen molar-refractivity contribution in [1.29, 1.82) is 0 Å². The van der Waals surface area contributed by atoms with Crippen LogP contribution in [0, 0.1) is 0 Å². The highest BCUT2D eigenvalue weighted by molar-refractivity contribution is 5.88. The van der Waals surface area contributed by atoms with E-state index in [0.717, 1.165) is 216 Å². The van der Waals surface area contributed by atoms with E-state index in [0.29, 0.717) is 39.6 Å². The molecule has 0 saturated carbocycles. The molecule has 0 aliphatic heterocycles. The minimum Gasteiger partial charge on any atom is -0.494 e. The first kappa shape index (κ1) is 86.2. The van der Waals surface area contributed by atoms with E-state index < -0.39 is 0 Å². The van der Waals surface area contributed by atoms with Crippen molar-refractivity contribution in [2.75, 3.05) is 72.7 Å². The van der Waals surface area contributed by atoms with Crippen molar-refractivity contribution in [2.24, 2.45) is 0 Å². The molecule has 0 bridgehead atoms. The fourth-order valence-corrected chi connectivity index (χ4v) is 12.2. The van der Waals surface area contributed by atoms with Gasteiger partial charge in [-0.25, -0.2) is 14.4 Å². The zero-order valence-corrected chi connectivity index (χ0v) is 64.4. The predicted octanol–water partition coefficient (Wildman–Crippen LogP) is 24.2. The Morgan fingerprint density at radius 1 is 0.257 bits per heavy atom. The van der Waals surface area contributed by atoms with Crippen molar-refractivity contribution >= 4 is 36.1 Å². The van der Waals surface area contributed by atoms with Gasteiger partial charge < -0.3 is 42.6 Å². The van der Waals surface area contributed by atoms with Gasteiger partial charge in [0, 0.05) is 38.0 Å². The summed E-state index contributed by atoms with van der Waals surface area (Å²) in [5, 5.41) is 0. The zero-order valence-electron chi connectivity index (χ0n) is 64.4. The molecule has 0 aliphatic rings. The van der Waals surface area contributed by atoms with Gasteiger partial charge in [0.25, 0.3) is 0 Å². The maximum Gasteiger partial charge on any atom is 0.330 e. The van der Waals surface area contributed by atoms with Gasteiger partial charge in [0.1, 0.15) is 23.4 Å². The third-order valence-corrected chi connectivity index (χ3v) is 18.7. The van der Waals surface area contributed by atoms with E-state index in [1.54, 1.807) is 0 Å². The van der Waals surface area contributed by atoms with Gasteiger partial charge in [0.2, 0.25) is 0 Å². The summed E-state index contributed by atoms with van der Waals surface area (Å²) >= 11 is 0. The van der Waals surface area contributed by atoms with E-state index in [1.165, 1.54) is 115 Å². The molecule has 12 nitrogen and oxygen atoms in total. The molecule has 0 aliphatic carbocycles. The van der Waals surface area contributed by atoms with Crippen molar-refractivity contribution < 1.29 is 57.0 Å². The molecule has 6 aromatic rings. The molecular weight excluding hydrogens is 1310 g/mol. The van der Waals surface area contributed by atoms with Crippen molar-refractivity contribution in [3.63, 3.8) is 0 Å². The summed E-state index contributed by atoms with van der Waals surface area (Å²) in [6, 6.07) is 49.2. The number of benzene rings is 6. The van der Waals surface area contributed by atoms with Crippen LogP contribution in [-0.2, 0) is 42.8 Å². The highest BCUT2D eigenvalue weighted by Gasteiger charge is 2.12. The number of hydrogen-bond donors (Lipinski definition) is 0. The number of hydrogen-bond acceptors (Lipinski definition) is 12. The maximum atomic E-state index is 12.5. The SMILES string of the molecule is CCCCCOc1ccc(-c2ccc(C=CC(=O)OCCCCCCCCCCOCC(COCCCCCCCCCCOC(=O)C=Cc3ccc(-c4ccc(OCCCCC)cc4)cc3)OCCCCCCCCCCOC(=O)C=Cc3ccc(-c4ccc(OCCCCC)cc4)cc3)cc2)cc1. The van der Waals surface area contributed by atoms with E-state index >= 15 is 0 Å². The van der Waals surface area contributed by atoms with Crippen molar-refractivity contribution in [2.45, 2.75) is 239 Å². The first-order valence-electron chi connectivity index (χ1n) is 40.6. The molecule has 0 spiro atoms. The summed E-state index contributed by atoms with van der Waals surface area (Å²) in [4.78, 5) is 37.3. The van der Waals surface area contributed by atoms with E-state index in [2.05, 4.69) is 93.6 Å². The molecule has 0 amide bonds. The number of esters is 3. The molecule has 0 radical (unpaired) electrons. The lowest BCUT2D eigenvalue weighted by atomic mass is 10.0. The van der Waals surface area contributed by atoms with Gasteiger partial charge in [-0.3, -0.25) is 0 Å². The molecule has 0 heterocycles. The topological polar surface area (TPSA) is 134 Å². The quantitative estimate of drug-likeness (QED) is 0.0156. The summed E-state index contributed by atoms with van der Waals surface area (Å²) in [5.41, 5.74) is 9.61. The van der Waals surface area contributed by atoms with Crippen molar-refractivity contribution in [1.82, 2.24) is 0 Å². The van der Waals surface area contributed by atoms with Crippen LogP contribution in [0.15, 0.2) is 164 Å². The second kappa shape index (κ2) is 57.5. The molecule has 0 unspecified atom stereocenters. The minimum atomic E-state index is -0.304. The van der Waals surface area contributed by atoms with Crippen LogP contribution in [0.5, 0.6) is 17.2 Å². The Hall–Kier alpha value is -7.77. The third kappa shape index (κ3) is 41.1. The molecular formula is C93H128O12. The molecule has 105 heavy (non-hydrogen) atoms. The fraction of sp³-hybridized carbons (Fsp3) is 0.516. The Kier molecular flexibility index (Phi) is 47.2. The largest absolute Gasteiger partial charge is 0.494 e. The second-order valence-corrected chi connectivity index (χ2v) is 27.7. The van der Waals surface area contributed by atoms with Crippen LogP contribution >= 0.6 is 0 Å². The molecule has 6 rings (SSSR count). The summed E-state index contributed by atoms with van der Waals surface area (Å²) in [5.74, 6) is 1.79. The number of carbonyl (C=O) groups excluding carboxylic acids is 3. The molecule has 572 valence electrons. The van der Waals surface area contributed by atoms with Gasteiger partial charge in [-0.05, 0) is 162 Å². The number of carbonyl (C=O) groups is 3. The third-order valence-electron chi connectivity index (χ3n) is 18.7. The number of unbranched alkanes of at least 4 members (excludes halogenated alkanes) is 27. The lowest BCUT2D eigenvalue weighted by Gasteiger charge is -2.18. The fourth-order valence-electron chi connectivity index (χ4n) is 12.2. The molecule has 0 N–H and O–H groups in total. The van der Waals surface area contributed by atoms with Gasteiger partial charge >= 0.3 is 17.9 Å². The van der Waals surface area contributed by atoms with Gasteiger partial charge in [-0.15, -0.1) is 0 Å². The summed E-state index contributed by atoms with van der Waals surface area (Å²) < 4.78 is 52.9. The van der Waals surface area contributed by atoms with Crippen LogP contribution in [0.1, 0.15) is 249 Å². The molecule has 12 heteroatoms. The number of ether oxygens (including phenoxy) is 9. The predicted molar refractivity (Wildman–Crippen MR) is 433 cm³/mol. The summed E-state index contributed by atoms with van der Waals surface area (Å²) in [6.45, 7) is 13.4. The lowest BCUT2D eigenvalue weighted by molar-refractivity contribution is -0.138. The molecule has 6 aromatic carbocycles. The average molecular weight is 1440 g/mol. The van der Waals surface area contributed by atoms with Gasteiger partial charge in [-0.1, -0.05) is 284 Å². The zero-order chi connectivity index (χ0) is 73.9. The monoisotopic (exact) mass is 1440 g/mol. The van der Waals surface area contributed by atoms with Crippen LogP contribution in [0.25, 0.3) is 51.6 Å². The second-order valence-electron chi connectivity index (χ2n) is 27.7. The van der Waals surface area contributed by atoms with Crippen molar-refractivity contribution in [3.8, 4) is 50.6 Å². The Morgan fingerprint density at radius 3 is 0.733 bits per heavy atom. The Morgan fingerprint density at radius 2 is 0.476 bits per heavy atom. The van der Waals surface area contributed by atoms with Gasteiger partial charge in [0.05, 0.1) is 52.9 Å². The smallest absolute Gasteiger partial charge is 0.330 e. The van der Waals surface area contributed by atoms with E-state index in [4.69, 9.17) is 42.6 Å². The summed E-state index contributed by atoms with van der Waals surface area (Å²) in [7, 11) is 0. The molecule has 0 saturated heterocycles. The highest BCUT2D eigenvalue weighted by atomic mass is 16.6. The lowest BCUT2D eigenvalue weighted by Crippen LogP contribution is -2.26. The van der Waals surface area contributed by atoms with E-state index in [-0.39, 0.29) is 24.0 Å². The van der Waals surface area contributed by atoms with E-state index in [9.17, 15) is 14.4 Å². The van der Waals surface area contributed by atoms with E-state index in [1.807, 2.05) is 91.0 Å². The summed E-state index contributed by atoms with van der Waals surface area (Å²) in [6.07, 6.45) is 46.6. The van der Waals surface area contributed by atoms with Crippen LogP contribution in [0.3, 0.4) is 0 Å². The standard InChI is InChI=1S/C93H128O12/c1-4-7-28-69-99-87-58-52-84(53-59-87)81-46-37-78(38-47-81)43-64-91(94)103-73-34-25-19-12-10-16-22-31-67-97-76-90(102-72-33-24-18-14-15-21-27-36-75-105-93(96)66-45-80-41-50-83(51-42-80)86-56-62-89(63-57-86)101-71-30-9-6-3)77-98-68-32-23-17-11-13-20-26-35-74-104-92(95)65-44-79-39-48-82(49-40-79)85-54-60-88(61-55-85)100-70-29-8-5-2/h37-66,90H,4-36,67-77H2,1-3H3. The Labute approximate surface area is 632 Å². The first-order valence-corrected chi connectivity index (χ1v) is 40.6.